The van der Waals surface area contributed by atoms with Crippen LogP contribution in [0.1, 0.15) is 43.9 Å². The van der Waals surface area contributed by atoms with Crippen molar-refractivity contribution in [3.05, 3.63) is 71.5 Å². The van der Waals surface area contributed by atoms with Crippen LogP contribution in [0.25, 0.3) is 0 Å². The summed E-state index contributed by atoms with van der Waals surface area (Å²) in [5, 5.41) is 7.32. The Kier molecular flexibility index (Phi) is 4.99. The van der Waals surface area contributed by atoms with Gasteiger partial charge in [-0.3, -0.25) is 9.89 Å². The molecule has 3 aromatic rings. The molecule has 29 heavy (non-hydrogen) atoms. The van der Waals surface area contributed by atoms with E-state index in [2.05, 4.69) is 91.4 Å². The number of benzene rings is 2. The third-order valence-corrected chi connectivity index (χ3v) is 6.63. The SMILES string of the molecule is Cc1ccc2c(c1)[C@@](C)(c1ccccc1)CC(C)(C)N2C(=O)CSc1ncn[nH]1. The second-order valence-electron chi connectivity index (χ2n) is 8.52. The van der Waals surface area contributed by atoms with Crippen LogP contribution >= 0.6 is 11.8 Å². The lowest BCUT2D eigenvalue weighted by Gasteiger charge is -2.51. The van der Waals surface area contributed by atoms with Gasteiger partial charge in [0.1, 0.15) is 6.33 Å². The number of fused-ring (bicyclic) bond motifs is 1. The second kappa shape index (κ2) is 7.34. The monoisotopic (exact) mass is 406 g/mol. The highest BCUT2D eigenvalue weighted by Gasteiger charge is 2.47. The molecule has 0 bridgehead atoms. The zero-order valence-electron chi connectivity index (χ0n) is 17.3. The first-order valence-corrected chi connectivity index (χ1v) is 10.8. The molecule has 1 amide bonds. The number of carbonyl (C=O) groups is 1. The number of aromatic nitrogens is 3. The molecule has 1 aliphatic heterocycles. The van der Waals surface area contributed by atoms with Crippen LogP contribution in [0.15, 0.2) is 60.0 Å². The number of nitrogens with one attached hydrogen (secondary N) is 1. The summed E-state index contributed by atoms with van der Waals surface area (Å²) in [6.07, 6.45) is 2.31. The van der Waals surface area contributed by atoms with E-state index in [1.54, 1.807) is 0 Å². The maximum Gasteiger partial charge on any atom is 0.237 e. The van der Waals surface area contributed by atoms with Gasteiger partial charge in [-0.25, -0.2) is 4.98 Å². The average Bonchev–Trinajstić information content (AvgIpc) is 3.21. The van der Waals surface area contributed by atoms with Gasteiger partial charge in [-0.1, -0.05) is 66.7 Å². The maximum absolute atomic E-state index is 13.3. The van der Waals surface area contributed by atoms with Crippen molar-refractivity contribution in [1.29, 1.82) is 0 Å². The molecule has 2 aromatic carbocycles. The molecule has 0 saturated heterocycles. The molecule has 6 heteroatoms. The first-order valence-electron chi connectivity index (χ1n) is 9.79. The topological polar surface area (TPSA) is 61.9 Å². The van der Waals surface area contributed by atoms with E-state index in [0.29, 0.717) is 10.9 Å². The molecule has 4 rings (SSSR count). The van der Waals surface area contributed by atoms with Gasteiger partial charge in [-0.2, -0.15) is 5.10 Å². The summed E-state index contributed by atoms with van der Waals surface area (Å²) in [7, 11) is 0. The van der Waals surface area contributed by atoms with Gasteiger partial charge in [0.25, 0.3) is 0 Å². The molecule has 0 fully saturated rings. The fourth-order valence-electron chi connectivity index (χ4n) is 4.65. The van der Waals surface area contributed by atoms with Crippen LogP contribution in [0.4, 0.5) is 5.69 Å². The van der Waals surface area contributed by atoms with Gasteiger partial charge in [0.05, 0.1) is 5.75 Å². The third-order valence-electron chi connectivity index (χ3n) is 5.76. The quantitative estimate of drug-likeness (QED) is 0.637. The molecule has 5 nitrogen and oxygen atoms in total. The number of thioether (sulfide) groups is 1. The van der Waals surface area contributed by atoms with Crippen molar-refractivity contribution >= 4 is 23.4 Å². The number of aromatic amines is 1. The van der Waals surface area contributed by atoms with E-state index in [1.807, 2.05) is 4.90 Å². The predicted octanol–water partition coefficient (Wildman–Crippen LogP) is 4.73. The number of amides is 1. The van der Waals surface area contributed by atoms with Crippen molar-refractivity contribution in [2.75, 3.05) is 10.7 Å². The van der Waals surface area contributed by atoms with Crippen LogP contribution in [-0.2, 0) is 10.2 Å². The molecule has 1 aliphatic rings. The van der Waals surface area contributed by atoms with E-state index < -0.39 is 0 Å². The van der Waals surface area contributed by atoms with Crippen LogP contribution in [0.5, 0.6) is 0 Å². The van der Waals surface area contributed by atoms with Crippen molar-refractivity contribution in [3.63, 3.8) is 0 Å². The summed E-state index contributed by atoms with van der Waals surface area (Å²) < 4.78 is 0. The minimum atomic E-state index is -0.327. The van der Waals surface area contributed by atoms with Gasteiger partial charge in [0, 0.05) is 16.6 Å². The van der Waals surface area contributed by atoms with Crippen molar-refractivity contribution in [2.24, 2.45) is 0 Å². The summed E-state index contributed by atoms with van der Waals surface area (Å²) in [6.45, 7) is 8.73. The predicted molar refractivity (Wildman–Crippen MR) is 117 cm³/mol. The Hall–Kier alpha value is -2.60. The number of anilines is 1. The van der Waals surface area contributed by atoms with Gasteiger partial charge in [0.15, 0.2) is 5.16 Å². The van der Waals surface area contributed by atoms with Crippen molar-refractivity contribution in [2.45, 2.75) is 50.2 Å². The zero-order chi connectivity index (χ0) is 20.6. The van der Waals surface area contributed by atoms with Crippen molar-refractivity contribution in [1.82, 2.24) is 15.2 Å². The number of rotatable bonds is 4. The molecule has 0 saturated carbocycles. The lowest BCUT2D eigenvalue weighted by atomic mass is 9.65. The summed E-state index contributed by atoms with van der Waals surface area (Å²) in [6, 6.07) is 17.1. The number of H-pyrrole nitrogens is 1. The van der Waals surface area contributed by atoms with Crippen molar-refractivity contribution < 1.29 is 4.79 Å². The standard InChI is InChI=1S/C23H26N4OS/c1-16-10-11-19-18(12-16)23(4,17-8-6-5-7-9-17)14-22(2,3)27(19)20(28)13-29-21-24-15-25-26-21/h5-12,15H,13-14H2,1-4H3,(H,24,25,26)/t23-/m1/s1. The fourth-order valence-corrected chi connectivity index (χ4v) is 5.27. The molecule has 0 aliphatic carbocycles. The summed E-state index contributed by atoms with van der Waals surface area (Å²) >= 11 is 1.38. The lowest BCUT2D eigenvalue weighted by molar-refractivity contribution is -0.117. The Morgan fingerprint density at radius 1 is 1.17 bits per heavy atom. The third kappa shape index (κ3) is 3.57. The molecule has 150 valence electrons. The number of nitrogens with zero attached hydrogens (tertiary/aromatic N) is 3. The van der Waals surface area contributed by atoms with Gasteiger partial charge in [0.2, 0.25) is 5.91 Å². The van der Waals surface area contributed by atoms with Crippen LogP contribution in [0, 0.1) is 6.92 Å². The van der Waals surface area contributed by atoms with Gasteiger partial charge >= 0.3 is 0 Å². The van der Waals surface area contributed by atoms with Gasteiger partial charge in [-0.15, -0.1) is 0 Å². The first kappa shape index (κ1) is 19.7. The summed E-state index contributed by atoms with van der Waals surface area (Å²) in [5.41, 5.74) is 4.20. The molecule has 1 aromatic heterocycles. The molecule has 0 radical (unpaired) electrons. The van der Waals surface area contributed by atoms with E-state index in [1.165, 1.54) is 34.8 Å². The molecular weight excluding hydrogens is 380 g/mol. The average molecular weight is 407 g/mol. The Balaban J connectivity index is 1.77. The second-order valence-corrected chi connectivity index (χ2v) is 9.48. The lowest BCUT2D eigenvalue weighted by Crippen LogP contribution is -2.56. The Bertz CT molecular complexity index is 1020. The summed E-state index contributed by atoms with van der Waals surface area (Å²) in [4.78, 5) is 19.4. The molecular formula is C23H26N4OS. The van der Waals surface area contributed by atoms with Crippen LogP contribution in [0.3, 0.4) is 0 Å². The maximum atomic E-state index is 13.3. The highest BCUT2D eigenvalue weighted by atomic mass is 32.2. The molecule has 1 atom stereocenters. The van der Waals surface area contributed by atoms with Gasteiger partial charge in [-0.05, 0) is 44.4 Å². The normalized spacial score (nSPS) is 20.3. The molecule has 0 spiro atoms. The van der Waals surface area contributed by atoms with E-state index in [9.17, 15) is 4.79 Å². The van der Waals surface area contributed by atoms with Crippen LogP contribution in [0.2, 0.25) is 0 Å². The van der Waals surface area contributed by atoms with E-state index >= 15 is 0 Å². The molecule has 2 heterocycles. The van der Waals surface area contributed by atoms with Gasteiger partial charge < -0.3 is 4.90 Å². The largest absolute Gasteiger partial charge is 0.306 e. The highest BCUT2D eigenvalue weighted by Crippen LogP contribution is 2.50. The smallest absolute Gasteiger partial charge is 0.237 e. The number of aryl methyl sites for hydroxylation is 1. The van der Waals surface area contributed by atoms with Crippen molar-refractivity contribution in [3.8, 4) is 0 Å². The Labute approximate surface area is 175 Å². The first-order chi connectivity index (χ1) is 13.8. The van der Waals surface area contributed by atoms with Crippen LogP contribution in [-0.4, -0.2) is 32.4 Å². The molecule has 0 unspecified atom stereocenters. The zero-order valence-corrected chi connectivity index (χ0v) is 18.1. The fraction of sp³-hybridized carbons (Fsp3) is 0.348. The van der Waals surface area contributed by atoms with E-state index in [4.69, 9.17) is 0 Å². The summed E-state index contributed by atoms with van der Waals surface area (Å²) in [5.74, 6) is 0.394. The molecule has 1 N–H and O–H groups in total. The Morgan fingerprint density at radius 2 is 1.93 bits per heavy atom. The minimum Gasteiger partial charge on any atom is -0.306 e. The minimum absolute atomic E-state index is 0.0802. The Morgan fingerprint density at radius 3 is 2.62 bits per heavy atom. The van der Waals surface area contributed by atoms with E-state index in [0.717, 1.165) is 12.1 Å². The number of hydrogen-bond donors (Lipinski definition) is 1. The number of carbonyl (C=O) groups excluding carboxylic acids is 1. The number of hydrogen-bond acceptors (Lipinski definition) is 4. The highest BCUT2D eigenvalue weighted by molar-refractivity contribution is 7.99. The van der Waals surface area contributed by atoms with Crippen LogP contribution < -0.4 is 4.90 Å². The van der Waals surface area contributed by atoms with E-state index in [-0.39, 0.29) is 16.9 Å².